The van der Waals surface area contributed by atoms with Crippen LogP contribution in [0.25, 0.3) is 0 Å². The van der Waals surface area contributed by atoms with Crippen LogP contribution in [0.15, 0.2) is 30.3 Å². The Kier molecular flexibility index (Phi) is 5.80. The van der Waals surface area contributed by atoms with E-state index in [9.17, 15) is 4.79 Å². The third-order valence-electron chi connectivity index (χ3n) is 5.37. The van der Waals surface area contributed by atoms with Gasteiger partial charge in [0.05, 0.1) is 20.3 Å². The maximum absolute atomic E-state index is 12.8. The van der Waals surface area contributed by atoms with Crippen molar-refractivity contribution in [2.45, 2.75) is 6.92 Å². The molecular weight excluding hydrogens is 370 g/mol. The fourth-order valence-electron chi connectivity index (χ4n) is 3.71. The Morgan fingerprint density at radius 3 is 2.10 bits per heavy atom. The highest BCUT2D eigenvalue weighted by molar-refractivity contribution is 5.94. The van der Waals surface area contributed by atoms with Gasteiger partial charge in [-0.1, -0.05) is 0 Å². The van der Waals surface area contributed by atoms with Crippen LogP contribution in [-0.4, -0.2) is 80.4 Å². The predicted octanol–water partition coefficient (Wildman–Crippen LogP) is 1.59. The summed E-state index contributed by atoms with van der Waals surface area (Å²) in [7, 11) is 1.62. The average molecular weight is 397 g/mol. The molecule has 0 saturated carbocycles. The molecule has 0 bridgehead atoms. The molecule has 1 amide bonds. The third kappa shape index (κ3) is 4.42. The summed E-state index contributed by atoms with van der Waals surface area (Å²) in [6.07, 6.45) is 0. The summed E-state index contributed by atoms with van der Waals surface area (Å²) in [5, 5.41) is 0. The molecule has 29 heavy (non-hydrogen) atoms. The van der Waals surface area contributed by atoms with Gasteiger partial charge in [-0.25, -0.2) is 9.97 Å². The summed E-state index contributed by atoms with van der Waals surface area (Å²) >= 11 is 0. The Labute approximate surface area is 171 Å². The SMILES string of the molecule is COc1ccc(C(=O)N2CCN(c3cc(N4CCOCC4)nc(C)n3)CC2)cc1. The van der Waals surface area contributed by atoms with Crippen LogP contribution < -0.4 is 14.5 Å². The number of ether oxygens (including phenoxy) is 2. The van der Waals surface area contributed by atoms with E-state index in [4.69, 9.17) is 9.47 Å². The fourth-order valence-corrected chi connectivity index (χ4v) is 3.71. The molecule has 0 unspecified atom stereocenters. The van der Waals surface area contributed by atoms with E-state index in [1.165, 1.54) is 0 Å². The third-order valence-corrected chi connectivity index (χ3v) is 5.37. The lowest BCUT2D eigenvalue weighted by Gasteiger charge is -2.36. The number of morpholine rings is 1. The van der Waals surface area contributed by atoms with Gasteiger partial charge in [-0.05, 0) is 31.2 Å². The normalized spacial score (nSPS) is 17.4. The summed E-state index contributed by atoms with van der Waals surface area (Å²) in [5.74, 6) is 3.45. The predicted molar refractivity (Wildman–Crippen MR) is 111 cm³/mol. The molecule has 2 saturated heterocycles. The Hall–Kier alpha value is -2.87. The number of carbonyl (C=O) groups excluding carboxylic acids is 1. The summed E-state index contributed by atoms with van der Waals surface area (Å²) in [6, 6.07) is 9.33. The molecule has 0 radical (unpaired) electrons. The highest BCUT2D eigenvalue weighted by atomic mass is 16.5. The van der Waals surface area contributed by atoms with Crippen LogP contribution in [0.2, 0.25) is 0 Å². The summed E-state index contributed by atoms with van der Waals surface area (Å²) < 4.78 is 10.6. The van der Waals surface area contributed by atoms with Crippen LogP contribution >= 0.6 is 0 Å². The van der Waals surface area contributed by atoms with Crippen molar-refractivity contribution in [3.05, 3.63) is 41.7 Å². The maximum atomic E-state index is 12.8. The van der Waals surface area contributed by atoms with Crippen LogP contribution in [0.3, 0.4) is 0 Å². The van der Waals surface area contributed by atoms with Crippen molar-refractivity contribution in [2.75, 3.05) is 69.4 Å². The number of hydrogen-bond donors (Lipinski definition) is 0. The first-order chi connectivity index (χ1) is 14.1. The number of aromatic nitrogens is 2. The Morgan fingerprint density at radius 1 is 0.931 bits per heavy atom. The lowest BCUT2D eigenvalue weighted by atomic mass is 10.1. The topological polar surface area (TPSA) is 71.0 Å². The molecule has 2 fully saturated rings. The second kappa shape index (κ2) is 8.65. The van der Waals surface area contributed by atoms with Crippen LogP contribution in [-0.2, 0) is 4.74 Å². The second-order valence-electron chi connectivity index (χ2n) is 7.24. The number of carbonyl (C=O) groups is 1. The van der Waals surface area contributed by atoms with Crippen molar-refractivity contribution < 1.29 is 14.3 Å². The van der Waals surface area contributed by atoms with Crippen molar-refractivity contribution >= 4 is 17.5 Å². The highest BCUT2D eigenvalue weighted by Gasteiger charge is 2.24. The van der Waals surface area contributed by atoms with Crippen molar-refractivity contribution in [3.8, 4) is 5.75 Å². The number of hydrogen-bond acceptors (Lipinski definition) is 7. The van der Waals surface area contributed by atoms with Crippen molar-refractivity contribution in [3.63, 3.8) is 0 Å². The minimum absolute atomic E-state index is 0.0557. The average Bonchev–Trinajstić information content (AvgIpc) is 2.79. The monoisotopic (exact) mass is 397 g/mol. The van der Waals surface area contributed by atoms with Crippen molar-refractivity contribution in [2.24, 2.45) is 0 Å². The lowest BCUT2D eigenvalue weighted by Crippen LogP contribution is -2.49. The number of benzene rings is 1. The van der Waals surface area contributed by atoms with Gasteiger partial charge in [-0.2, -0.15) is 0 Å². The lowest BCUT2D eigenvalue weighted by molar-refractivity contribution is 0.0746. The minimum Gasteiger partial charge on any atom is -0.497 e. The van der Waals surface area contributed by atoms with E-state index >= 15 is 0 Å². The van der Waals surface area contributed by atoms with E-state index in [-0.39, 0.29) is 5.91 Å². The number of methoxy groups -OCH3 is 1. The molecule has 4 rings (SSSR count). The van der Waals surface area contributed by atoms with Gasteiger partial charge in [-0.15, -0.1) is 0 Å². The van der Waals surface area contributed by atoms with Gasteiger partial charge in [0.15, 0.2) is 0 Å². The van der Waals surface area contributed by atoms with Gasteiger partial charge in [0, 0.05) is 50.9 Å². The van der Waals surface area contributed by atoms with E-state index in [1.54, 1.807) is 7.11 Å². The van der Waals surface area contributed by atoms with Crippen molar-refractivity contribution in [1.29, 1.82) is 0 Å². The summed E-state index contributed by atoms with van der Waals surface area (Å²) in [6.45, 7) is 7.91. The van der Waals surface area contributed by atoms with E-state index < -0.39 is 0 Å². The molecule has 0 atom stereocenters. The molecule has 0 N–H and O–H groups in total. The zero-order valence-electron chi connectivity index (χ0n) is 17.0. The number of rotatable bonds is 4. The van der Waals surface area contributed by atoms with Crippen LogP contribution in [0.4, 0.5) is 11.6 Å². The first-order valence-corrected chi connectivity index (χ1v) is 10.0. The molecule has 0 spiro atoms. The quantitative estimate of drug-likeness (QED) is 0.776. The number of anilines is 2. The first-order valence-electron chi connectivity index (χ1n) is 10.0. The second-order valence-corrected chi connectivity index (χ2v) is 7.24. The van der Waals surface area contributed by atoms with Gasteiger partial charge in [-0.3, -0.25) is 4.79 Å². The van der Waals surface area contributed by atoms with Gasteiger partial charge < -0.3 is 24.2 Å². The Balaban J connectivity index is 1.41. The van der Waals surface area contributed by atoms with E-state index in [1.807, 2.05) is 36.1 Å². The standard InChI is InChI=1S/C21H27N5O3/c1-16-22-19(15-20(23-16)25-11-13-29-14-12-25)24-7-9-26(10-8-24)21(27)17-3-5-18(28-2)6-4-17/h3-6,15H,7-14H2,1-2H3. The van der Waals surface area contributed by atoms with E-state index in [2.05, 4.69) is 25.8 Å². The molecule has 154 valence electrons. The smallest absolute Gasteiger partial charge is 0.253 e. The number of aryl methyl sites for hydroxylation is 1. The van der Waals surface area contributed by atoms with Crippen LogP contribution in [0, 0.1) is 6.92 Å². The van der Waals surface area contributed by atoms with E-state index in [0.29, 0.717) is 18.7 Å². The number of amides is 1. The summed E-state index contributed by atoms with van der Waals surface area (Å²) in [4.78, 5) is 28.4. The molecule has 1 aromatic carbocycles. The summed E-state index contributed by atoms with van der Waals surface area (Å²) in [5.41, 5.74) is 0.687. The zero-order chi connectivity index (χ0) is 20.2. The molecule has 0 aliphatic carbocycles. The number of piperazine rings is 1. The van der Waals surface area contributed by atoms with Crippen LogP contribution in [0.1, 0.15) is 16.2 Å². The van der Waals surface area contributed by atoms with Gasteiger partial charge in [0.25, 0.3) is 5.91 Å². The maximum Gasteiger partial charge on any atom is 0.253 e. The highest BCUT2D eigenvalue weighted by Crippen LogP contribution is 2.22. The number of nitrogens with zero attached hydrogens (tertiary/aromatic N) is 5. The van der Waals surface area contributed by atoms with Gasteiger partial charge in [0.2, 0.25) is 0 Å². The van der Waals surface area contributed by atoms with Crippen LogP contribution in [0.5, 0.6) is 5.75 Å². The molecule has 1 aromatic heterocycles. The van der Waals surface area contributed by atoms with Gasteiger partial charge in [0.1, 0.15) is 23.2 Å². The fraction of sp³-hybridized carbons (Fsp3) is 0.476. The van der Waals surface area contributed by atoms with E-state index in [0.717, 1.165) is 62.6 Å². The zero-order valence-corrected chi connectivity index (χ0v) is 17.0. The molecular formula is C21H27N5O3. The first kappa shape index (κ1) is 19.4. The Bertz CT molecular complexity index is 844. The van der Waals surface area contributed by atoms with Gasteiger partial charge >= 0.3 is 0 Å². The minimum atomic E-state index is 0.0557. The van der Waals surface area contributed by atoms with Crippen molar-refractivity contribution in [1.82, 2.24) is 14.9 Å². The molecule has 2 aliphatic heterocycles. The molecule has 2 aliphatic rings. The molecule has 8 heteroatoms. The molecule has 3 heterocycles. The Morgan fingerprint density at radius 2 is 1.52 bits per heavy atom. The molecule has 2 aromatic rings. The largest absolute Gasteiger partial charge is 0.497 e. The molecule has 8 nitrogen and oxygen atoms in total.